The smallest absolute Gasteiger partial charge is 0.271 e. The number of hydrazone groups is 1. The number of rotatable bonds is 6. The maximum atomic E-state index is 12.6. The summed E-state index contributed by atoms with van der Waals surface area (Å²) in [6.07, 6.45) is 6.97. The number of hydrogen-bond acceptors (Lipinski definition) is 4. The number of carbonyl (C=O) groups excluding carboxylic acids is 1. The summed E-state index contributed by atoms with van der Waals surface area (Å²) >= 11 is 0. The van der Waals surface area contributed by atoms with Gasteiger partial charge in [-0.05, 0) is 36.3 Å². The van der Waals surface area contributed by atoms with E-state index in [1.54, 1.807) is 30.7 Å². The first-order valence-electron chi connectivity index (χ1n) is 11.7. The number of amides is 1. The van der Waals surface area contributed by atoms with Crippen molar-refractivity contribution in [2.24, 2.45) is 5.10 Å². The number of pyridine rings is 1. The van der Waals surface area contributed by atoms with Crippen molar-refractivity contribution in [1.29, 1.82) is 0 Å². The number of nitrogens with one attached hydrogen (secondary N) is 1. The molecule has 1 N–H and O–H groups in total. The lowest BCUT2D eigenvalue weighted by Crippen LogP contribution is -2.19. The Kier molecular flexibility index (Phi) is 6.81. The van der Waals surface area contributed by atoms with Gasteiger partial charge in [0.1, 0.15) is 11.5 Å². The Hall–Kier alpha value is -4.77. The second kappa shape index (κ2) is 10.7. The lowest BCUT2D eigenvalue weighted by atomic mass is 9.84. The summed E-state index contributed by atoms with van der Waals surface area (Å²) in [5.74, 6) is 1.04. The third kappa shape index (κ3) is 5.00. The molecule has 0 saturated carbocycles. The van der Waals surface area contributed by atoms with E-state index in [-0.39, 0.29) is 11.8 Å². The molecule has 1 amide bonds. The topological polar surface area (TPSA) is 63.6 Å². The standard InChI is InChI=1S/C31H25N3O2/c1-22-10-8-9-15-26(22)27-20-29(23-11-4-2-5-12-23)36-30(24-13-6-3-7-14-24)28(27)21-33-34-31(35)25-16-18-32-19-17-25/h2-21,27H,1H3,(H,34,35)/t27-/m1/s1. The highest BCUT2D eigenvalue weighted by Gasteiger charge is 2.28. The zero-order valence-electron chi connectivity index (χ0n) is 19.8. The normalized spacial score (nSPS) is 15.4. The van der Waals surface area contributed by atoms with E-state index in [1.807, 2.05) is 72.8 Å². The highest BCUT2D eigenvalue weighted by atomic mass is 16.5. The van der Waals surface area contributed by atoms with Gasteiger partial charge in [0.2, 0.25) is 0 Å². The van der Waals surface area contributed by atoms with Crippen LogP contribution in [0.3, 0.4) is 0 Å². The fourth-order valence-electron chi connectivity index (χ4n) is 4.22. The van der Waals surface area contributed by atoms with Crippen molar-refractivity contribution in [2.45, 2.75) is 12.8 Å². The molecule has 0 bridgehead atoms. The Balaban J connectivity index is 1.60. The average Bonchev–Trinajstić information content (AvgIpc) is 2.94. The fourth-order valence-corrected chi connectivity index (χ4v) is 4.22. The molecule has 2 heterocycles. The molecule has 0 saturated heterocycles. The van der Waals surface area contributed by atoms with E-state index in [1.165, 1.54) is 0 Å². The van der Waals surface area contributed by atoms with Crippen LogP contribution in [0.25, 0.3) is 11.5 Å². The highest BCUT2D eigenvalue weighted by molar-refractivity contribution is 5.97. The van der Waals surface area contributed by atoms with E-state index in [0.717, 1.165) is 33.6 Å². The molecule has 3 aromatic carbocycles. The van der Waals surface area contributed by atoms with E-state index in [0.29, 0.717) is 11.3 Å². The van der Waals surface area contributed by atoms with Gasteiger partial charge in [-0.25, -0.2) is 5.43 Å². The molecule has 0 unspecified atom stereocenters. The van der Waals surface area contributed by atoms with Crippen molar-refractivity contribution in [3.8, 4) is 0 Å². The molecule has 5 nitrogen and oxygen atoms in total. The maximum absolute atomic E-state index is 12.6. The van der Waals surface area contributed by atoms with Crippen molar-refractivity contribution >= 4 is 23.6 Å². The first-order chi connectivity index (χ1) is 17.7. The predicted octanol–water partition coefficient (Wildman–Crippen LogP) is 6.37. The lowest BCUT2D eigenvalue weighted by molar-refractivity contribution is 0.0955. The number of hydrogen-bond donors (Lipinski definition) is 1. The van der Waals surface area contributed by atoms with Gasteiger partial charge in [-0.3, -0.25) is 9.78 Å². The molecule has 0 spiro atoms. The van der Waals surface area contributed by atoms with Gasteiger partial charge in [0.05, 0.1) is 6.21 Å². The van der Waals surface area contributed by atoms with Gasteiger partial charge in [0, 0.05) is 40.6 Å². The minimum absolute atomic E-state index is 0.132. The lowest BCUT2D eigenvalue weighted by Gasteiger charge is -2.28. The summed E-state index contributed by atoms with van der Waals surface area (Å²) in [6.45, 7) is 2.10. The summed E-state index contributed by atoms with van der Waals surface area (Å²) in [5, 5.41) is 4.34. The van der Waals surface area contributed by atoms with E-state index in [4.69, 9.17) is 4.74 Å². The SMILES string of the molecule is Cc1ccccc1[C@H]1C=C(c2ccccc2)OC(c2ccccc2)=C1C=NNC(=O)c1ccncc1. The Morgan fingerprint density at radius 1 is 0.861 bits per heavy atom. The Morgan fingerprint density at radius 2 is 1.50 bits per heavy atom. The number of allylic oxidation sites excluding steroid dienone is 2. The minimum atomic E-state index is -0.305. The summed E-state index contributed by atoms with van der Waals surface area (Å²) in [4.78, 5) is 16.5. The van der Waals surface area contributed by atoms with Crippen LogP contribution in [0.5, 0.6) is 0 Å². The van der Waals surface area contributed by atoms with Crippen LogP contribution in [0, 0.1) is 6.92 Å². The molecule has 1 aliphatic heterocycles. The van der Waals surface area contributed by atoms with Gasteiger partial charge >= 0.3 is 0 Å². The fraction of sp³-hybridized carbons (Fsp3) is 0.0645. The van der Waals surface area contributed by atoms with Gasteiger partial charge in [0.15, 0.2) is 0 Å². The Labute approximate surface area is 210 Å². The number of aromatic nitrogens is 1. The van der Waals surface area contributed by atoms with Crippen LogP contribution in [0.15, 0.2) is 126 Å². The van der Waals surface area contributed by atoms with Gasteiger partial charge in [0.25, 0.3) is 5.91 Å². The molecule has 1 aliphatic rings. The molecular weight excluding hydrogens is 446 g/mol. The molecule has 4 aromatic rings. The molecule has 0 aliphatic carbocycles. The molecular formula is C31H25N3O2. The van der Waals surface area contributed by atoms with E-state index < -0.39 is 0 Å². The quantitative estimate of drug-likeness (QED) is 0.262. The number of nitrogens with zero attached hydrogens (tertiary/aromatic N) is 2. The van der Waals surface area contributed by atoms with Crippen LogP contribution in [-0.4, -0.2) is 17.1 Å². The van der Waals surface area contributed by atoms with E-state index >= 15 is 0 Å². The second-order valence-corrected chi connectivity index (χ2v) is 8.42. The largest absolute Gasteiger partial charge is 0.456 e. The van der Waals surface area contributed by atoms with Crippen LogP contribution in [0.4, 0.5) is 0 Å². The summed E-state index contributed by atoms with van der Waals surface area (Å²) in [6, 6.07) is 31.6. The van der Waals surface area contributed by atoms with Crippen molar-refractivity contribution in [3.05, 3.63) is 149 Å². The van der Waals surface area contributed by atoms with Crippen molar-refractivity contribution < 1.29 is 9.53 Å². The van der Waals surface area contributed by atoms with Crippen molar-refractivity contribution in [1.82, 2.24) is 10.4 Å². The molecule has 1 aromatic heterocycles. The molecule has 5 rings (SSSR count). The van der Waals surface area contributed by atoms with Crippen molar-refractivity contribution in [3.63, 3.8) is 0 Å². The zero-order chi connectivity index (χ0) is 24.7. The first-order valence-corrected chi connectivity index (χ1v) is 11.7. The van der Waals surface area contributed by atoms with Crippen LogP contribution in [0.2, 0.25) is 0 Å². The second-order valence-electron chi connectivity index (χ2n) is 8.42. The molecule has 176 valence electrons. The van der Waals surface area contributed by atoms with Crippen LogP contribution >= 0.6 is 0 Å². The molecule has 0 fully saturated rings. The van der Waals surface area contributed by atoms with Gasteiger partial charge in [-0.15, -0.1) is 0 Å². The summed E-state index contributed by atoms with van der Waals surface area (Å²) < 4.78 is 6.53. The third-order valence-electron chi connectivity index (χ3n) is 6.06. The zero-order valence-corrected chi connectivity index (χ0v) is 19.8. The van der Waals surface area contributed by atoms with E-state index in [2.05, 4.69) is 40.6 Å². The molecule has 0 radical (unpaired) electrons. The monoisotopic (exact) mass is 471 g/mol. The van der Waals surface area contributed by atoms with Gasteiger partial charge < -0.3 is 4.74 Å². The Bertz CT molecular complexity index is 1440. The number of aryl methyl sites for hydroxylation is 1. The number of carbonyl (C=O) groups is 1. The Morgan fingerprint density at radius 3 is 2.19 bits per heavy atom. The summed E-state index contributed by atoms with van der Waals surface area (Å²) in [7, 11) is 0. The predicted molar refractivity (Wildman–Crippen MR) is 143 cm³/mol. The third-order valence-corrected chi connectivity index (χ3v) is 6.06. The minimum Gasteiger partial charge on any atom is -0.456 e. The average molecular weight is 472 g/mol. The summed E-state index contributed by atoms with van der Waals surface area (Å²) in [5.41, 5.74) is 8.20. The molecule has 5 heteroatoms. The van der Waals surface area contributed by atoms with E-state index in [9.17, 15) is 4.79 Å². The first kappa shape index (κ1) is 23.0. The highest BCUT2D eigenvalue weighted by Crippen LogP contribution is 2.41. The molecule has 36 heavy (non-hydrogen) atoms. The molecule has 1 atom stereocenters. The van der Waals surface area contributed by atoms with Crippen molar-refractivity contribution in [2.75, 3.05) is 0 Å². The van der Waals surface area contributed by atoms with Gasteiger partial charge in [-0.1, -0.05) is 84.9 Å². The number of ether oxygens (including phenoxy) is 1. The van der Waals surface area contributed by atoms with Gasteiger partial charge in [-0.2, -0.15) is 5.10 Å². The number of benzene rings is 3. The van der Waals surface area contributed by atoms with Crippen LogP contribution < -0.4 is 5.43 Å². The van der Waals surface area contributed by atoms with Crippen LogP contribution in [0.1, 0.15) is 38.5 Å². The maximum Gasteiger partial charge on any atom is 0.271 e. The van der Waals surface area contributed by atoms with Crippen LogP contribution in [-0.2, 0) is 4.74 Å².